The fourth-order valence-electron chi connectivity index (χ4n) is 10.3. The predicted molar refractivity (Wildman–Crippen MR) is 117 cm³/mol. The second-order valence-electron chi connectivity index (χ2n) is 12.6. The SMILES string of the molecule is CC1C2CC[C@H](C)CN2C2C[C@H]3[C@@H]4CCC5=CC(=O)CC[C@]5(C)[C@H]4CC[C@]3(C)C12. The van der Waals surface area contributed by atoms with Crippen LogP contribution in [0.4, 0.5) is 0 Å². The molecule has 4 aliphatic carbocycles. The average molecular weight is 396 g/mol. The number of carbonyl (C=O) groups excluding carboxylic acids is 1. The Balaban J connectivity index is 1.33. The van der Waals surface area contributed by atoms with Gasteiger partial charge in [0, 0.05) is 25.0 Å². The molecule has 0 spiro atoms. The molecule has 2 heteroatoms. The van der Waals surface area contributed by atoms with E-state index in [2.05, 4.69) is 38.7 Å². The molecule has 2 nitrogen and oxygen atoms in total. The highest BCUT2D eigenvalue weighted by atomic mass is 16.1. The van der Waals surface area contributed by atoms with Crippen LogP contribution in [0.2, 0.25) is 0 Å². The second-order valence-corrected chi connectivity index (χ2v) is 12.6. The highest BCUT2D eigenvalue weighted by molar-refractivity contribution is 5.91. The predicted octanol–water partition coefficient (Wildman–Crippen LogP) is 5.86. The third-order valence-electron chi connectivity index (χ3n) is 11.6. The van der Waals surface area contributed by atoms with E-state index in [1.165, 1.54) is 57.1 Å². The van der Waals surface area contributed by atoms with Gasteiger partial charge in [0.1, 0.15) is 0 Å². The third kappa shape index (κ3) is 2.42. The number of hydrogen-bond acceptors (Lipinski definition) is 2. The van der Waals surface area contributed by atoms with Crippen LogP contribution in [0.25, 0.3) is 0 Å². The van der Waals surface area contributed by atoms with Crippen molar-refractivity contribution in [3.8, 4) is 0 Å². The molecule has 10 atom stereocenters. The summed E-state index contributed by atoms with van der Waals surface area (Å²) < 4.78 is 0. The summed E-state index contributed by atoms with van der Waals surface area (Å²) in [6.45, 7) is 11.7. The van der Waals surface area contributed by atoms with Gasteiger partial charge in [0.05, 0.1) is 0 Å². The number of rotatable bonds is 0. The van der Waals surface area contributed by atoms with Gasteiger partial charge in [-0.15, -0.1) is 0 Å². The lowest BCUT2D eigenvalue weighted by atomic mass is 9.46. The topological polar surface area (TPSA) is 20.3 Å². The minimum Gasteiger partial charge on any atom is -0.297 e. The van der Waals surface area contributed by atoms with Crippen LogP contribution >= 0.6 is 0 Å². The van der Waals surface area contributed by atoms with E-state index >= 15 is 0 Å². The molecule has 3 saturated carbocycles. The van der Waals surface area contributed by atoms with Gasteiger partial charge in [-0.2, -0.15) is 0 Å². The maximum atomic E-state index is 12.1. The van der Waals surface area contributed by atoms with Gasteiger partial charge in [0.15, 0.2) is 5.78 Å². The van der Waals surface area contributed by atoms with E-state index in [9.17, 15) is 4.79 Å². The Kier molecular flexibility index (Phi) is 4.09. The van der Waals surface area contributed by atoms with E-state index < -0.39 is 0 Å². The molecule has 0 radical (unpaired) electrons. The van der Waals surface area contributed by atoms with Crippen LogP contribution in [0, 0.1) is 46.3 Å². The van der Waals surface area contributed by atoms with Crippen molar-refractivity contribution in [1.29, 1.82) is 0 Å². The highest BCUT2D eigenvalue weighted by Gasteiger charge is 2.66. The first-order chi connectivity index (χ1) is 13.8. The first kappa shape index (κ1) is 19.1. The fourth-order valence-corrected chi connectivity index (χ4v) is 10.3. The smallest absolute Gasteiger partial charge is 0.155 e. The van der Waals surface area contributed by atoms with Crippen LogP contribution in [-0.4, -0.2) is 29.3 Å². The molecule has 0 amide bonds. The second kappa shape index (κ2) is 6.21. The van der Waals surface area contributed by atoms with Gasteiger partial charge < -0.3 is 0 Å². The fraction of sp³-hybridized carbons (Fsp3) is 0.889. The van der Waals surface area contributed by atoms with Crippen LogP contribution in [0.3, 0.4) is 0 Å². The number of hydrogen-bond donors (Lipinski definition) is 0. The molecule has 29 heavy (non-hydrogen) atoms. The Labute approximate surface area is 177 Å². The van der Waals surface area contributed by atoms with Crippen LogP contribution in [-0.2, 0) is 4.79 Å². The third-order valence-corrected chi connectivity index (χ3v) is 11.6. The monoisotopic (exact) mass is 395 g/mol. The number of piperidine rings is 1. The van der Waals surface area contributed by atoms with Crippen LogP contribution < -0.4 is 0 Å². The molecular weight excluding hydrogens is 354 g/mol. The van der Waals surface area contributed by atoms with Gasteiger partial charge >= 0.3 is 0 Å². The summed E-state index contributed by atoms with van der Waals surface area (Å²) in [5, 5.41) is 0. The van der Waals surface area contributed by atoms with Crippen molar-refractivity contribution in [2.24, 2.45) is 46.3 Å². The quantitative estimate of drug-likeness (QED) is 0.512. The van der Waals surface area contributed by atoms with Crippen molar-refractivity contribution in [2.75, 3.05) is 6.54 Å². The first-order valence-corrected chi connectivity index (χ1v) is 12.8. The van der Waals surface area contributed by atoms with Crippen molar-refractivity contribution in [3.05, 3.63) is 11.6 Å². The van der Waals surface area contributed by atoms with Gasteiger partial charge in [0.25, 0.3) is 0 Å². The summed E-state index contributed by atoms with van der Waals surface area (Å²) in [5.74, 6) is 5.77. The average Bonchev–Trinajstić information content (AvgIpc) is 3.15. The lowest BCUT2D eigenvalue weighted by Crippen LogP contribution is -2.51. The van der Waals surface area contributed by atoms with Gasteiger partial charge in [-0.1, -0.05) is 33.3 Å². The van der Waals surface area contributed by atoms with E-state index in [0.717, 1.165) is 60.4 Å². The molecule has 160 valence electrons. The Morgan fingerprint density at radius 2 is 1.79 bits per heavy atom. The van der Waals surface area contributed by atoms with Crippen molar-refractivity contribution < 1.29 is 4.79 Å². The summed E-state index contributed by atoms with van der Waals surface area (Å²) in [5.41, 5.74) is 2.41. The molecular formula is C27H41NO. The van der Waals surface area contributed by atoms with E-state index in [-0.39, 0.29) is 0 Å². The standard InChI is InChI=1S/C27H41NO/c1-16-5-8-23-17(2)25-24(28(23)15-16)14-22-20-7-6-18-13-19(29)9-11-26(18,3)21(20)10-12-27(22,25)4/h13,16-17,20-25H,5-12,14-15H2,1-4H3/t16-,17?,20+,21-,22-,23?,24?,25?,26-,27-/m0/s1. The maximum absolute atomic E-state index is 12.1. The van der Waals surface area contributed by atoms with Crippen molar-refractivity contribution in [1.82, 2.24) is 4.90 Å². The molecule has 2 aliphatic heterocycles. The normalized spacial score (nSPS) is 56.7. The molecule has 2 saturated heterocycles. The Bertz CT molecular complexity index is 756. The molecule has 6 aliphatic rings. The molecule has 0 aromatic heterocycles. The molecule has 0 bridgehead atoms. The Hall–Kier alpha value is -0.630. The lowest BCUT2D eigenvalue weighted by Gasteiger charge is -2.58. The van der Waals surface area contributed by atoms with E-state index in [4.69, 9.17) is 0 Å². The van der Waals surface area contributed by atoms with Crippen LogP contribution in [0.15, 0.2) is 11.6 Å². The molecule has 6 rings (SSSR count). The van der Waals surface area contributed by atoms with E-state index in [1.807, 2.05) is 0 Å². The maximum Gasteiger partial charge on any atom is 0.155 e. The summed E-state index contributed by atoms with van der Waals surface area (Å²) in [7, 11) is 0. The van der Waals surface area contributed by atoms with Crippen molar-refractivity contribution in [3.63, 3.8) is 0 Å². The summed E-state index contributed by atoms with van der Waals surface area (Å²) in [6, 6.07) is 1.74. The van der Waals surface area contributed by atoms with Gasteiger partial charge in [-0.05, 0) is 104 Å². The van der Waals surface area contributed by atoms with Crippen LogP contribution in [0.5, 0.6) is 0 Å². The minimum atomic E-state index is 0.323. The van der Waals surface area contributed by atoms with Crippen molar-refractivity contribution in [2.45, 2.75) is 97.6 Å². The largest absolute Gasteiger partial charge is 0.297 e. The molecule has 4 unspecified atom stereocenters. The molecule has 0 aromatic rings. The lowest BCUT2D eigenvalue weighted by molar-refractivity contribution is -0.117. The van der Waals surface area contributed by atoms with Crippen molar-refractivity contribution >= 4 is 5.78 Å². The van der Waals surface area contributed by atoms with E-state index in [0.29, 0.717) is 16.6 Å². The number of nitrogens with zero attached hydrogens (tertiary/aromatic N) is 1. The number of ketones is 1. The van der Waals surface area contributed by atoms with Gasteiger partial charge in [-0.3, -0.25) is 9.69 Å². The van der Waals surface area contributed by atoms with Gasteiger partial charge in [0.2, 0.25) is 0 Å². The number of fused-ring (bicyclic) bond motifs is 9. The minimum absolute atomic E-state index is 0.323. The Morgan fingerprint density at radius 3 is 2.62 bits per heavy atom. The number of allylic oxidation sites excluding steroid dienone is 1. The molecule has 2 heterocycles. The summed E-state index contributed by atoms with van der Waals surface area (Å²) in [6.07, 6.45) is 13.8. The molecule has 0 aromatic carbocycles. The Morgan fingerprint density at radius 1 is 0.966 bits per heavy atom. The first-order valence-electron chi connectivity index (χ1n) is 12.8. The highest BCUT2D eigenvalue weighted by Crippen LogP contribution is 2.70. The summed E-state index contributed by atoms with van der Waals surface area (Å²) >= 11 is 0. The zero-order valence-corrected chi connectivity index (χ0v) is 19.1. The zero-order chi connectivity index (χ0) is 20.1. The molecule has 0 N–H and O–H groups in total. The summed E-state index contributed by atoms with van der Waals surface area (Å²) in [4.78, 5) is 15.1. The number of carbonyl (C=O) groups is 1. The zero-order valence-electron chi connectivity index (χ0n) is 19.1. The van der Waals surface area contributed by atoms with Gasteiger partial charge in [-0.25, -0.2) is 0 Å². The van der Waals surface area contributed by atoms with Crippen LogP contribution in [0.1, 0.15) is 85.5 Å². The van der Waals surface area contributed by atoms with E-state index in [1.54, 1.807) is 0 Å². The molecule has 5 fully saturated rings.